The molecule has 0 aliphatic heterocycles. The van der Waals surface area contributed by atoms with Crippen molar-refractivity contribution in [2.45, 2.75) is 26.7 Å². The summed E-state index contributed by atoms with van der Waals surface area (Å²) in [5.41, 5.74) is 2.02. The van der Waals surface area contributed by atoms with E-state index >= 15 is 0 Å². The SMILES string of the molecule is Cc1nc(-c2ccccc2)oc1C(C)C. The molecule has 1 aromatic heterocycles. The molecule has 2 aromatic rings. The van der Waals surface area contributed by atoms with E-state index in [2.05, 4.69) is 18.8 Å². The summed E-state index contributed by atoms with van der Waals surface area (Å²) in [7, 11) is 0. The minimum atomic E-state index is 0.384. The predicted octanol–water partition coefficient (Wildman–Crippen LogP) is 3.77. The summed E-state index contributed by atoms with van der Waals surface area (Å²) < 4.78 is 5.75. The summed E-state index contributed by atoms with van der Waals surface area (Å²) in [5.74, 6) is 2.08. The van der Waals surface area contributed by atoms with Crippen LogP contribution in [0.15, 0.2) is 34.7 Å². The highest BCUT2D eigenvalue weighted by Gasteiger charge is 2.13. The van der Waals surface area contributed by atoms with Gasteiger partial charge in [-0.25, -0.2) is 4.98 Å². The second kappa shape index (κ2) is 3.89. The zero-order chi connectivity index (χ0) is 10.8. The van der Waals surface area contributed by atoms with E-state index in [0.29, 0.717) is 5.92 Å². The minimum Gasteiger partial charge on any atom is -0.441 e. The smallest absolute Gasteiger partial charge is 0.226 e. The lowest BCUT2D eigenvalue weighted by Crippen LogP contribution is -1.86. The van der Waals surface area contributed by atoms with Crippen molar-refractivity contribution in [3.63, 3.8) is 0 Å². The Morgan fingerprint density at radius 2 is 1.80 bits per heavy atom. The molecule has 78 valence electrons. The summed E-state index contributed by atoms with van der Waals surface area (Å²) in [4.78, 5) is 4.44. The molecule has 0 unspecified atom stereocenters. The van der Waals surface area contributed by atoms with Crippen molar-refractivity contribution in [3.8, 4) is 11.5 Å². The van der Waals surface area contributed by atoms with Crippen molar-refractivity contribution in [3.05, 3.63) is 41.8 Å². The molecule has 0 N–H and O–H groups in total. The third-order valence-electron chi connectivity index (χ3n) is 2.38. The lowest BCUT2D eigenvalue weighted by Gasteiger charge is -1.99. The standard InChI is InChI=1S/C13H15NO/c1-9(2)12-10(3)14-13(15-12)11-7-5-4-6-8-11/h4-9H,1-3H3. The fourth-order valence-electron chi connectivity index (χ4n) is 1.65. The zero-order valence-electron chi connectivity index (χ0n) is 9.32. The number of hydrogen-bond acceptors (Lipinski definition) is 2. The lowest BCUT2D eigenvalue weighted by atomic mass is 10.1. The topological polar surface area (TPSA) is 26.0 Å². The Balaban J connectivity index is 2.43. The molecule has 0 fully saturated rings. The number of hydrogen-bond donors (Lipinski definition) is 0. The highest BCUT2D eigenvalue weighted by molar-refractivity contribution is 5.53. The van der Waals surface area contributed by atoms with E-state index < -0.39 is 0 Å². The molecule has 0 aliphatic carbocycles. The normalized spacial score (nSPS) is 10.9. The number of nitrogens with zero attached hydrogens (tertiary/aromatic N) is 1. The first-order valence-electron chi connectivity index (χ1n) is 5.21. The van der Waals surface area contributed by atoms with Gasteiger partial charge < -0.3 is 4.42 Å². The van der Waals surface area contributed by atoms with Crippen LogP contribution < -0.4 is 0 Å². The quantitative estimate of drug-likeness (QED) is 0.739. The number of aromatic nitrogens is 1. The molecule has 0 atom stereocenters. The molecule has 0 saturated heterocycles. The van der Waals surface area contributed by atoms with Crippen molar-refractivity contribution in [2.24, 2.45) is 0 Å². The van der Waals surface area contributed by atoms with Gasteiger partial charge in [0.1, 0.15) is 5.76 Å². The molecule has 0 radical (unpaired) electrons. The molecule has 2 nitrogen and oxygen atoms in total. The first kappa shape index (κ1) is 9.97. The molecule has 0 aliphatic rings. The van der Waals surface area contributed by atoms with Crippen molar-refractivity contribution >= 4 is 0 Å². The molecule has 2 rings (SSSR count). The molecular formula is C13H15NO. The molecule has 0 amide bonds. The van der Waals surface area contributed by atoms with Crippen LogP contribution in [0.2, 0.25) is 0 Å². The average Bonchev–Trinajstić information content (AvgIpc) is 2.62. The van der Waals surface area contributed by atoms with Crippen molar-refractivity contribution < 1.29 is 4.42 Å². The summed E-state index contributed by atoms with van der Waals surface area (Å²) in [6, 6.07) is 9.99. The molecule has 15 heavy (non-hydrogen) atoms. The summed E-state index contributed by atoms with van der Waals surface area (Å²) in [6.45, 7) is 6.22. The Hall–Kier alpha value is -1.57. The summed E-state index contributed by atoms with van der Waals surface area (Å²) in [5, 5.41) is 0. The van der Waals surface area contributed by atoms with Gasteiger partial charge in [-0.05, 0) is 19.1 Å². The number of rotatable bonds is 2. The van der Waals surface area contributed by atoms with Gasteiger partial charge in [0, 0.05) is 11.5 Å². The number of oxazole rings is 1. The maximum Gasteiger partial charge on any atom is 0.226 e. The number of benzene rings is 1. The zero-order valence-corrected chi connectivity index (χ0v) is 9.32. The molecule has 1 heterocycles. The Morgan fingerprint density at radius 3 is 2.33 bits per heavy atom. The third-order valence-corrected chi connectivity index (χ3v) is 2.38. The van der Waals surface area contributed by atoms with Crippen LogP contribution in [-0.4, -0.2) is 4.98 Å². The molecule has 0 spiro atoms. The first-order chi connectivity index (χ1) is 7.18. The van der Waals surface area contributed by atoms with Gasteiger partial charge in [0.25, 0.3) is 0 Å². The van der Waals surface area contributed by atoms with Gasteiger partial charge in [-0.15, -0.1) is 0 Å². The Morgan fingerprint density at radius 1 is 1.13 bits per heavy atom. The van der Waals surface area contributed by atoms with Gasteiger partial charge in [0.15, 0.2) is 0 Å². The van der Waals surface area contributed by atoms with Crippen LogP contribution in [0, 0.1) is 6.92 Å². The van der Waals surface area contributed by atoms with E-state index in [1.54, 1.807) is 0 Å². The monoisotopic (exact) mass is 201 g/mol. The van der Waals surface area contributed by atoms with Crippen LogP contribution in [0.4, 0.5) is 0 Å². The van der Waals surface area contributed by atoms with Crippen molar-refractivity contribution in [2.75, 3.05) is 0 Å². The van der Waals surface area contributed by atoms with Crippen LogP contribution in [0.5, 0.6) is 0 Å². The Kier molecular flexibility index (Phi) is 2.58. The second-order valence-corrected chi connectivity index (χ2v) is 3.99. The van der Waals surface area contributed by atoms with Gasteiger partial charge in [-0.3, -0.25) is 0 Å². The predicted molar refractivity (Wildman–Crippen MR) is 60.8 cm³/mol. The highest BCUT2D eigenvalue weighted by atomic mass is 16.4. The van der Waals surface area contributed by atoms with Gasteiger partial charge in [-0.1, -0.05) is 32.0 Å². The first-order valence-corrected chi connectivity index (χ1v) is 5.21. The molecular weight excluding hydrogens is 186 g/mol. The van der Waals surface area contributed by atoms with Crippen LogP contribution in [0.3, 0.4) is 0 Å². The van der Waals surface area contributed by atoms with Crippen LogP contribution in [0.25, 0.3) is 11.5 Å². The largest absolute Gasteiger partial charge is 0.441 e. The van der Waals surface area contributed by atoms with Crippen LogP contribution in [-0.2, 0) is 0 Å². The average molecular weight is 201 g/mol. The van der Waals surface area contributed by atoms with Gasteiger partial charge in [0.2, 0.25) is 5.89 Å². The highest BCUT2D eigenvalue weighted by Crippen LogP contribution is 2.25. The van der Waals surface area contributed by atoms with Crippen molar-refractivity contribution in [1.29, 1.82) is 0 Å². The van der Waals surface area contributed by atoms with E-state index in [9.17, 15) is 0 Å². The van der Waals surface area contributed by atoms with E-state index in [0.717, 1.165) is 22.9 Å². The van der Waals surface area contributed by atoms with Gasteiger partial charge in [-0.2, -0.15) is 0 Å². The fourth-order valence-corrected chi connectivity index (χ4v) is 1.65. The maximum atomic E-state index is 5.75. The van der Waals surface area contributed by atoms with E-state index in [1.165, 1.54) is 0 Å². The molecule has 0 bridgehead atoms. The van der Waals surface area contributed by atoms with E-state index in [-0.39, 0.29) is 0 Å². The van der Waals surface area contributed by atoms with E-state index in [4.69, 9.17) is 4.42 Å². The number of aryl methyl sites for hydroxylation is 1. The summed E-state index contributed by atoms with van der Waals surface area (Å²) in [6.07, 6.45) is 0. The summed E-state index contributed by atoms with van der Waals surface area (Å²) >= 11 is 0. The Labute approximate surface area is 90.0 Å². The third kappa shape index (κ3) is 1.94. The van der Waals surface area contributed by atoms with Crippen LogP contribution >= 0.6 is 0 Å². The maximum absolute atomic E-state index is 5.75. The second-order valence-electron chi connectivity index (χ2n) is 3.99. The van der Waals surface area contributed by atoms with Gasteiger partial charge >= 0.3 is 0 Å². The Bertz CT molecular complexity index is 443. The minimum absolute atomic E-state index is 0.384. The molecule has 0 saturated carbocycles. The van der Waals surface area contributed by atoms with E-state index in [1.807, 2.05) is 37.3 Å². The fraction of sp³-hybridized carbons (Fsp3) is 0.308. The van der Waals surface area contributed by atoms with Gasteiger partial charge in [0.05, 0.1) is 5.69 Å². The molecule has 2 heteroatoms. The lowest BCUT2D eigenvalue weighted by molar-refractivity contribution is 0.492. The van der Waals surface area contributed by atoms with Crippen molar-refractivity contribution in [1.82, 2.24) is 4.98 Å². The molecule has 1 aromatic carbocycles. The van der Waals surface area contributed by atoms with Crippen LogP contribution in [0.1, 0.15) is 31.2 Å².